The van der Waals surface area contributed by atoms with E-state index >= 15 is 0 Å². The Labute approximate surface area is 107 Å². The van der Waals surface area contributed by atoms with Gasteiger partial charge in [-0.05, 0) is 37.9 Å². The molecule has 0 amide bonds. The number of hydrogen-bond acceptors (Lipinski definition) is 3. The third-order valence-corrected chi connectivity index (χ3v) is 3.47. The van der Waals surface area contributed by atoms with Crippen LogP contribution in [-0.2, 0) is 0 Å². The van der Waals surface area contributed by atoms with Crippen molar-refractivity contribution in [2.75, 3.05) is 13.1 Å². The van der Waals surface area contributed by atoms with Gasteiger partial charge in [-0.25, -0.2) is 0 Å². The summed E-state index contributed by atoms with van der Waals surface area (Å²) in [6.07, 6.45) is 6.08. The average molecular weight is 256 g/mol. The van der Waals surface area contributed by atoms with E-state index in [0.29, 0.717) is 11.8 Å². The molecule has 1 fully saturated rings. The molecule has 1 N–H and O–H groups in total. The van der Waals surface area contributed by atoms with Gasteiger partial charge < -0.3 is 9.52 Å². The minimum Gasteiger partial charge on any atom is -0.467 e. The van der Waals surface area contributed by atoms with Crippen molar-refractivity contribution in [1.29, 1.82) is 0 Å². The summed E-state index contributed by atoms with van der Waals surface area (Å²) in [5.74, 6) is 0.657. The molecule has 2 unspecified atom stereocenters. The van der Waals surface area contributed by atoms with Crippen LogP contribution in [0.25, 0.3) is 0 Å². The highest BCUT2D eigenvalue weighted by Gasteiger charge is 2.26. The number of hydrogen-bond donors (Lipinski definition) is 1. The van der Waals surface area contributed by atoms with Crippen molar-refractivity contribution in [3.63, 3.8) is 0 Å². The molecule has 0 aliphatic carbocycles. The van der Waals surface area contributed by atoms with Gasteiger partial charge in [0.1, 0.15) is 11.9 Å². The van der Waals surface area contributed by atoms with Crippen molar-refractivity contribution in [2.45, 2.75) is 31.4 Å². The third-order valence-electron chi connectivity index (χ3n) is 3.30. The van der Waals surface area contributed by atoms with Crippen molar-refractivity contribution in [3.05, 3.63) is 35.8 Å². The highest BCUT2D eigenvalue weighted by atomic mass is 35.5. The molecule has 1 aliphatic heterocycles. The van der Waals surface area contributed by atoms with E-state index in [1.54, 1.807) is 17.9 Å². The maximum Gasteiger partial charge on any atom is 0.132 e. The lowest BCUT2D eigenvalue weighted by Gasteiger charge is -2.24. The molecule has 2 atom stereocenters. The van der Waals surface area contributed by atoms with Crippen LogP contribution in [0.2, 0.25) is 0 Å². The fourth-order valence-corrected chi connectivity index (χ4v) is 2.51. The second-order valence-corrected chi connectivity index (χ2v) is 4.67. The first-order chi connectivity index (χ1) is 8.31. The molecule has 17 heavy (non-hydrogen) atoms. The molecule has 0 aromatic carbocycles. The Morgan fingerprint density at radius 3 is 3.24 bits per heavy atom. The van der Waals surface area contributed by atoms with Crippen LogP contribution < -0.4 is 0 Å². The van der Waals surface area contributed by atoms with Crippen molar-refractivity contribution in [2.24, 2.45) is 0 Å². The molecule has 0 bridgehead atoms. The predicted molar refractivity (Wildman–Crippen MR) is 67.9 cm³/mol. The minimum absolute atomic E-state index is 0.419. The zero-order valence-electron chi connectivity index (χ0n) is 9.76. The first kappa shape index (κ1) is 12.7. The lowest BCUT2D eigenvalue weighted by atomic mass is 10.1. The highest BCUT2D eigenvalue weighted by molar-refractivity contribution is 6.25. The molecular weight excluding hydrogens is 238 g/mol. The molecule has 2 rings (SSSR count). The molecule has 0 saturated carbocycles. The van der Waals surface area contributed by atoms with Crippen molar-refractivity contribution in [1.82, 2.24) is 4.90 Å². The summed E-state index contributed by atoms with van der Waals surface area (Å²) in [5, 5.41) is 10.0. The molecular formula is C13H18ClNO2. The summed E-state index contributed by atoms with van der Waals surface area (Å²) in [6, 6.07) is 4.05. The van der Waals surface area contributed by atoms with Gasteiger partial charge in [-0.3, -0.25) is 4.90 Å². The Kier molecular flexibility index (Phi) is 4.66. The van der Waals surface area contributed by atoms with Crippen LogP contribution in [0.3, 0.4) is 0 Å². The Balaban J connectivity index is 1.89. The van der Waals surface area contributed by atoms with E-state index in [4.69, 9.17) is 16.0 Å². The smallest absolute Gasteiger partial charge is 0.132 e. The van der Waals surface area contributed by atoms with E-state index in [2.05, 4.69) is 4.90 Å². The van der Waals surface area contributed by atoms with Crippen molar-refractivity contribution >= 4 is 11.6 Å². The maximum absolute atomic E-state index is 10.0. The number of likely N-dealkylation sites (tertiary alicyclic amines) is 1. The predicted octanol–water partition coefficient (Wildman–Crippen LogP) is 2.92. The second-order valence-electron chi connectivity index (χ2n) is 4.42. The fourth-order valence-electron chi connectivity index (χ4n) is 2.43. The largest absolute Gasteiger partial charge is 0.467 e. The molecule has 0 spiro atoms. The number of nitrogens with zero attached hydrogens (tertiary/aromatic N) is 1. The first-order valence-corrected chi connectivity index (χ1v) is 6.45. The highest BCUT2D eigenvalue weighted by Crippen LogP contribution is 2.27. The first-order valence-electron chi connectivity index (χ1n) is 6.02. The Morgan fingerprint density at radius 2 is 2.53 bits per heavy atom. The monoisotopic (exact) mass is 255 g/mol. The lowest BCUT2D eigenvalue weighted by Crippen LogP contribution is -2.30. The van der Waals surface area contributed by atoms with Crippen molar-refractivity contribution < 1.29 is 9.52 Å². The van der Waals surface area contributed by atoms with E-state index in [1.807, 2.05) is 12.1 Å². The molecule has 2 heterocycles. The van der Waals surface area contributed by atoms with Gasteiger partial charge in [-0.15, -0.1) is 0 Å². The molecule has 1 aromatic rings. The summed E-state index contributed by atoms with van der Waals surface area (Å²) >= 11 is 5.54. The topological polar surface area (TPSA) is 36.6 Å². The van der Waals surface area contributed by atoms with E-state index in [1.165, 1.54) is 6.42 Å². The SMILES string of the molecule is OC(CC1CCCN1C/C=C/Cl)c1ccco1. The third kappa shape index (κ3) is 3.35. The minimum atomic E-state index is -0.504. The number of furan rings is 1. The van der Waals surface area contributed by atoms with Gasteiger partial charge >= 0.3 is 0 Å². The summed E-state index contributed by atoms with van der Waals surface area (Å²) in [7, 11) is 0. The second kappa shape index (κ2) is 6.24. The lowest BCUT2D eigenvalue weighted by molar-refractivity contribution is 0.105. The van der Waals surface area contributed by atoms with E-state index < -0.39 is 6.10 Å². The standard InChI is InChI=1S/C13H18ClNO2/c14-6-3-8-15-7-1-4-11(15)10-12(16)13-5-2-9-17-13/h2-3,5-6,9,11-12,16H,1,4,7-8,10H2/b6-3+. The van der Waals surface area contributed by atoms with E-state index in [9.17, 15) is 5.11 Å². The number of aliphatic hydroxyl groups excluding tert-OH is 1. The summed E-state index contributed by atoms with van der Waals surface area (Å²) in [4.78, 5) is 2.35. The Bertz CT molecular complexity index is 350. The van der Waals surface area contributed by atoms with Gasteiger partial charge in [0.05, 0.1) is 6.26 Å². The fraction of sp³-hybridized carbons (Fsp3) is 0.538. The number of aliphatic hydroxyl groups is 1. The van der Waals surface area contributed by atoms with Gasteiger partial charge in [0.15, 0.2) is 0 Å². The molecule has 3 nitrogen and oxygen atoms in total. The summed E-state index contributed by atoms with van der Waals surface area (Å²) < 4.78 is 5.22. The normalized spacial score (nSPS) is 23.5. The Morgan fingerprint density at radius 1 is 1.65 bits per heavy atom. The molecule has 1 aromatic heterocycles. The maximum atomic E-state index is 10.0. The zero-order valence-corrected chi connectivity index (χ0v) is 10.5. The van der Waals surface area contributed by atoms with E-state index in [-0.39, 0.29) is 0 Å². The van der Waals surface area contributed by atoms with Crippen LogP contribution in [-0.4, -0.2) is 29.1 Å². The molecule has 1 aliphatic rings. The number of halogens is 1. The van der Waals surface area contributed by atoms with Gasteiger partial charge in [0.25, 0.3) is 0 Å². The molecule has 0 radical (unpaired) electrons. The van der Waals surface area contributed by atoms with E-state index in [0.717, 1.165) is 25.9 Å². The van der Waals surface area contributed by atoms with Gasteiger partial charge in [0.2, 0.25) is 0 Å². The average Bonchev–Trinajstić information content (AvgIpc) is 2.97. The summed E-state index contributed by atoms with van der Waals surface area (Å²) in [5.41, 5.74) is 1.55. The van der Waals surface area contributed by atoms with Gasteiger partial charge in [0, 0.05) is 18.1 Å². The summed E-state index contributed by atoms with van der Waals surface area (Å²) in [6.45, 7) is 1.94. The van der Waals surface area contributed by atoms with Gasteiger partial charge in [-0.2, -0.15) is 0 Å². The van der Waals surface area contributed by atoms with Crippen LogP contribution in [0, 0.1) is 0 Å². The van der Waals surface area contributed by atoms with Crippen molar-refractivity contribution in [3.8, 4) is 0 Å². The van der Waals surface area contributed by atoms with Crippen LogP contribution >= 0.6 is 11.6 Å². The zero-order chi connectivity index (χ0) is 12.1. The van der Waals surface area contributed by atoms with Crippen LogP contribution in [0.1, 0.15) is 31.1 Å². The number of rotatable bonds is 5. The van der Waals surface area contributed by atoms with Crippen LogP contribution in [0.5, 0.6) is 0 Å². The molecule has 4 heteroatoms. The Hall–Kier alpha value is -0.770. The quantitative estimate of drug-likeness (QED) is 0.879. The van der Waals surface area contributed by atoms with Gasteiger partial charge in [-0.1, -0.05) is 17.7 Å². The molecule has 1 saturated heterocycles. The van der Waals surface area contributed by atoms with Crippen LogP contribution in [0.15, 0.2) is 34.4 Å². The van der Waals surface area contributed by atoms with Crippen LogP contribution in [0.4, 0.5) is 0 Å². The molecule has 94 valence electrons.